The Morgan fingerprint density at radius 3 is 2.81 bits per heavy atom. The SMILES string of the molecule is CC1CCCC(N(C)c2ncc(CNC3CC3)cc2Cl)C1. The van der Waals surface area contributed by atoms with Crippen LogP contribution in [0.4, 0.5) is 5.82 Å². The highest BCUT2D eigenvalue weighted by molar-refractivity contribution is 6.33. The lowest BCUT2D eigenvalue weighted by Gasteiger charge is -2.35. The molecule has 0 aliphatic heterocycles. The van der Waals surface area contributed by atoms with Crippen LogP contribution in [0.3, 0.4) is 0 Å². The maximum atomic E-state index is 6.48. The van der Waals surface area contributed by atoms with Gasteiger partial charge in [-0.3, -0.25) is 0 Å². The summed E-state index contributed by atoms with van der Waals surface area (Å²) in [6.07, 6.45) is 9.76. The molecule has 0 amide bonds. The maximum Gasteiger partial charge on any atom is 0.147 e. The van der Waals surface area contributed by atoms with Crippen molar-refractivity contribution in [3.8, 4) is 0 Å². The van der Waals surface area contributed by atoms with Gasteiger partial charge in [0.1, 0.15) is 5.82 Å². The molecule has 4 heteroatoms. The molecule has 3 nitrogen and oxygen atoms in total. The summed E-state index contributed by atoms with van der Waals surface area (Å²) in [5.74, 6) is 1.75. The first-order valence-electron chi connectivity index (χ1n) is 8.24. The van der Waals surface area contributed by atoms with Gasteiger partial charge < -0.3 is 10.2 Å². The summed E-state index contributed by atoms with van der Waals surface area (Å²) < 4.78 is 0. The van der Waals surface area contributed by atoms with Crippen LogP contribution in [0.1, 0.15) is 51.0 Å². The normalized spacial score (nSPS) is 25.9. The Morgan fingerprint density at radius 1 is 1.33 bits per heavy atom. The van der Waals surface area contributed by atoms with E-state index in [4.69, 9.17) is 11.6 Å². The van der Waals surface area contributed by atoms with E-state index < -0.39 is 0 Å². The topological polar surface area (TPSA) is 28.2 Å². The summed E-state index contributed by atoms with van der Waals surface area (Å²) in [7, 11) is 2.14. The number of nitrogens with zero attached hydrogens (tertiary/aromatic N) is 2. The van der Waals surface area contributed by atoms with E-state index in [1.54, 1.807) is 0 Å². The van der Waals surface area contributed by atoms with Gasteiger partial charge in [-0.05, 0) is 43.2 Å². The fourth-order valence-corrected chi connectivity index (χ4v) is 3.63. The smallest absolute Gasteiger partial charge is 0.147 e. The third kappa shape index (κ3) is 3.89. The van der Waals surface area contributed by atoms with Gasteiger partial charge in [0, 0.05) is 31.9 Å². The molecule has 1 heterocycles. The molecule has 0 aromatic carbocycles. The van der Waals surface area contributed by atoms with Crippen molar-refractivity contribution in [3.05, 3.63) is 22.8 Å². The zero-order valence-electron chi connectivity index (χ0n) is 13.1. The largest absolute Gasteiger partial charge is 0.355 e. The van der Waals surface area contributed by atoms with Gasteiger partial charge in [0.2, 0.25) is 0 Å². The second-order valence-corrected chi connectivity index (χ2v) is 7.25. The van der Waals surface area contributed by atoms with E-state index in [0.717, 1.165) is 29.3 Å². The van der Waals surface area contributed by atoms with Crippen molar-refractivity contribution < 1.29 is 0 Å². The fourth-order valence-electron chi connectivity index (χ4n) is 3.30. The molecule has 0 spiro atoms. The van der Waals surface area contributed by atoms with Gasteiger partial charge in [0.15, 0.2) is 0 Å². The molecule has 1 aromatic heterocycles. The van der Waals surface area contributed by atoms with E-state index in [-0.39, 0.29) is 0 Å². The molecule has 2 aliphatic rings. The van der Waals surface area contributed by atoms with Crippen molar-refractivity contribution in [2.24, 2.45) is 5.92 Å². The van der Waals surface area contributed by atoms with Gasteiger partial charge in [0.25, 0.3) is 0 Å². The van der Waals surface area contributed by atoms with Crippen molar-refractivity contribution in [1.29, 1.82) is 0 Å². The number of rotatable bonds is 5. The number of hydrogen-bond donors (Lipinski definition) is 1. The number of aromatic nitrogens is 1. The summed E-state index contributed by atoms with van der Waals surface area (Å²) in [6, 6.07) is 3.37. The first-order chi connectivity index (χ1) is 10.1. The molecule has 21 heavy (non-hydrogen) atoms. The third-order valence-corrected chi connectivity index (χ3v) is 5.12. The van der Waals surface area contributed by atoms with Crippen LogP contribution in [0.15, 0.2) is 12.3 Å². The molecule has 2 atom stereocenters. The van der Waals surface area contributed by atoms with Crippen LogP contribution in [-0.4, -0.2) is 24.1 Å². The van der Waals surface area contributed by atoms with Crippen molar-refractivity contribution in [2.45, 2.75) is 64.1 Å². The van der Waals surface area contributed by atoms with E-state index in [1.165, 1.54) is 44.1 Å². The molecule has 2 aliphatic carbocycles. The summed E-state index contributed by atoms with van der Waals surface area (Å²) in [4.78, 5) is 6.92. The first kappa shape index (κ1) is 15.1. The van der Waals surface area contributed by atoms with E-state index in [9.17, 15) is 0 Å². The lowest BCUT2D eigenvalue weighted by Crippen LogP contribution is -2.36. The van der Waals surface area contributed by atoms with Crippen molar-refractivity contribution in [2.75, 3.05) is 11.9 Å². The van der Waals surface area contributed by atoms with Crippen LogP contribution in [-0.2, 0) is 6.54 Å². The lowest BCUT2D eigenvalue weighted by molar-refractivity contribution is 0.335. The zero-order chi connectivity index (χ0) is 14.8. The molecule has 2 fully saturated rings. The molecule has 3 rings (SSSR count). The van der Waals surface area contributed by atoms with Crippen molar-refractivity contribution in [3.63, 3.8) is 0 Å². The van der Waals surface area contributed by atoms with Crippen LogP contribution < -0.4 is 10.2 Å². The highest BCUT2D eigenvalue weighted by atomic mass is 35.5. The summed E-state index contributed by atoms with van der Waals surface area (Å²) in [5, 5.41) is 4.29. The molecule has 0 saturated heterocycles. The van der Waals surface area contributed by atoms with Crippen LogP contribution in [0.5, 0.6) is 0 Å². The molecule has 2 unspecified atom stereocenters. The highest BCUT2D eigenvalue weighted by Gasteiger charge is 2.25. The zero-order valence-corrected chi connectivity index (χ0v) is 13.9. The van der Waals surface area contributed by atoms with Crippen LogP contribution >= 0.6 is 11.6 Å². The van der Waals surface area contributed by atoms with E-state index in [2.05, 4.69) is 35.2 Å². The van der Waals surface area contributed by atoms with Crippen LogP contribution in [0.2, 0.25) is 5.02 Å². The standard InChI is InChI=1S/C17H26ClN3/c1-12-4-3-5-15(8-12)21(2)17-16(18)9-13(11-20-17)10-19-14-6-7-14/h9,11-12,14-15,19H,3-8,10H2,1-2H3. The van der Waals surface area contributed by atoms with Gasteiger partial charge in [-0.1, -0.05) is 31.4 Å². The Hall–Kier alpha value is -0.800. The minimum atomic E-state index is 0.578. The number of anilines is 1. The maximum absolute atomic E-state index is 6.48. The quantitative estimate of drug-likeness (QED) is 0.891. The predicted octanol–water partition coefficient (Wildman–Crippen LogP) is 4.00. The van der Waals surface area contributed by atoms with E-state index in [1.807, 2.05) is 6.20 Å². The summed E-state index contributed by atoms with van der Waals surface area (Å²) >= 11 is 6.48. The average molecular weight is 308 g/mol. The fraction of sp³-hybridized carbons (Fsp3) is 0.706. The Labute approximate surface area is 133 Å². The second-order valence-electron chi connectivity index (χ2n) is 6.84. The van der Waals surface area contributed by atoms with Gasteiger partial charge in [-0.2, -0.15) is 0 Å². The van der Waals surface area contributed by atoms with Gasteiger partial charge >= 0.3 is 0 Å². The van der Waals surface area contributed by atoms with Crippen LogP contribution in [0, 0.1) is 5.92 Å². The van der Waals surface area contributed by atoms with Crippen molar-refractivity contribution >= 4 is 17.4 Å². The number of halogens is 1. The third-order valence-electron chi connectivity index (χ3n) is 4.84. The van der Waals surface area contributed by atoms with Gasteiger partial charge in [-0.25, -0.2) is 4.98 Å². The lowest BCUT2D eigenvalue weighted by atomic mass is 9.86. The van der Waals surface area contributed by atoms with E-state index in [0.29, 0.717) is 6.04 Å². The minimum Gasteiger partial charge on any atom is -0.355 e. The Kier molecular flexibility index (Phi) is 4.70. The molecule has 1 aromatic rings. The Morgan fingerprint density at radius 2 is 2.14 bits per heavy atom. The average Bonchev–Trinajstić information content (AvgIpc) is 3.29. The highest BCUT2D eigenvalue weighted by Crippen LogP contribution is 2.32. The minimum absolute atomic E-state index is 0.578. The van der Waals surface area contributed by atoms with Crippen molar-refractivity contribution in [1.82, 2.24) is 10.3 Å². The molecule has 2 saturated carbocycles. The molecule has 0 radical (unpaired) electrons. The second kappa shape index (κ2) is 6.53. The Balaban J connectivity index is 1.65. The summed E-state index contributed by atoms with van der Waals surface area (Å²) in [5.41, 5.74) is 1.18. The predicted molar refractivity (Wildman–Crippen MR) is 88.9 cm³/mol. The molecular formula is C17H26ClN3. The van der Waals surface area contributed by atoms with Gasteiger partial charge in [0.05, 0.1) is 5.02 Å². The van der Waals surface area contributed by atoms with Crippen LogP contribution in [0.25, 0.3) is 0 Å². The summed E-state index contributed by atoms with van der Waals surface area (Å²) in [6.45, 7) is 3.23. The molecule has 1 N–H and O–H groups in total. The number of nitrogens with one attached hydrogen (secondary N) is 1. The number of hydrogen-bond acceptors (Lipinski definition) is 3. The number of pyridine rings is 1. The molecular weight excluding hydrogens is 282 g/mol. The molecule has 0 bridgehead atoms. The Bertz CT molecular complexity index is 487. The van der Waals surface area contributed by atoms with E-state index >= 15 is 0 Å². The molecule has 116 valence electrons. The first-order valence-corrected chi connectivity index (χ1v) is 8.62. The monoisotopic (exact) mass is 307 g/mol. The van der Waals surface area contributed by atoms with Gasteiger partial charge in [-0.15, -0.1) is 0 Å².